The minimum atomic E-state index is -0.221. The van der Waals surface area contributed by atoms with E-state index in [4.69, 9.17) is 15.2 Å². The van der Waals surface area contributed by atoms with Crippen LogP contribution in [0.25, 0.3) is 27.6 Å². The lowest BCUT2D eigenvalue weighted by Gasteiger charge is -2.26. The van der Waals surface area contributed by atoms with Gasteiger partial charge in [-0.15, -0.1) is 0 Å². The molecule has 0 radical (unpaired) electrons. The Hall–Kier alpha value is -4.15. The Labute approximate surface area is 207 Å². The van der Waals surface area contributed by atoms with Crippen LogP contribution in [0, 0.1) is 6.92 Å². The number of nitrogen functional groups attached to an aromatic ring is 1. The number of morpholine rings is 1. The molecule has 3 aromatic heterocycles. The van der Waals surface area contributed by atoms with Gasteiger partial charge in [0.2, 0.25) is 5.78 Å². The van der Waals surface area contributed by atoms with E-state index in [2.05, 4.69) is 25.0 Å². The first-order valence-electron chi connectivity index (χ1n) is 12.0. The summed E-state index contributed by atoms with van der Waals surface area (Å²) in [6.07, 6.45) is 1.50. The van der Waals surface area contributed by atoms with Crippen LogP contribution in [-0.4, -0.2) is 74.9 Å². The van der Waals surface area contributed by atoms with Gasteiger partial charge < -0.3 is 25.2 Å². The predicted octanol–water partition coefficient (Wildman–Crippen LogP) is 3.06. The van der Waals surface area contributed by atoms with Gasteiger partial charge in [0.15, 0.2) is 0 Å². The molecular weight excluding hydrogens is 458 g/mol. The van der Waals surface area contributed by atoms with Gasteiger partial charge >= 0.3 is 0 Å². The summed E-state index contributed by atoms with van der Waals surface area (Å²) in [5.74, 6) is 1.64. The highest BCUT2D eigenvalue weighted by molar-refractivity contribution is 6.12. The van der Waals surface area contributed by atoms with E-state index in [1.165, 1.54) is 6.20 Å². The van der Waals surface area contributed by atoms with Crippen molar-refractivity contribution in [3.05, 3.63) is 65.7 Å². The molecule has 0 spiro atoms. The lowest BCUT2D eigenvalue weighted by atomic mass is 10.1. The van der Waals surface area contributed by atoms with E-state index in [0.29, 0.717) is 17.9 Å². The molecule has 6 rings (SSSR count). The number of aryl methyl sites for hydroxylation is 1. The average molecular weight is 486 g/mol. The number of hydrogen-bond acceptors (Lipinski definition) is 7. The fourth-order valence-electron chi connectivity index (χ4n) is 4.57. The maximum absolute atomic E-state index is 13.3. The number of benzene rings is 2. The van der Waals surface area contributed by atoms with E-state index in [1.54, 1.807) is 4.68 Å². The summed E-state index contributed by atoms with van der Waals surface area (Å²) < 4.78 is 12.9. The number of aromatic nitrogens is 5. The number of nitrogens with two attached hydrogens (primary N) is 1. The number of nitrogens with one attached hydrogen (secondary N) is 2. The molecule has 5 aromatic rings. The minimum Gasteiger partial charge on any atom is -0.492 e. The molecule has 0 amide bonds. The van der Waals surface area contributed by atoms with E-state index >= 15 is 0 Å². The van der Waals surface area contributed by atoms with Crippen molar-refractivity contribution in [1.29, 1.82) is 0 Å². The highest BCUT2D eigenvalue weighted by Gasteiger charge is 2.20. The number of ether oxygens (including phenoxy) is 2. The lowest BCUT2D eigenvalue weighted by Crippen LogP contribution is -2.38. The van der Waals surface area contributed by atoms with E-state index in [0.717, 1.165) is 72.0 Å². The van der Waals surface area contributed by atoms with Gasteiger partial charge in [-0.05, 0) is 43.3 Å². The number of ketones is 1. The summed E-state index contributed by atoms with van der Waals surface area (Å²) in [5.41, 5.74) is 10.4. The second kappa shape index (κ2) is 9.14. The monoisotopic (exact) mass is 485 g/mol. The standard InChI is InChI=1S/C26H27N7O3/c1-16-29-21-5-3-18(13-23(21)30-16)33-26(27)20(15-28-33)25(34)24-12-17-2-4-19(14-22(17)31-24)36-11-8-32-6-9-35-10-7-32/h2-5,12-15,31H,6-11,27H2,1H3,(H,29,30). The minimum absolute atomic E-state index is 0.221. The number of carbonyl (C=O) groups excluding carboxylic acids is 1. The lowest BCUT2D eigenvalue weighted by molar-refractivity contribution is 0.0322. The van der Waals surface area contributed by atoms with E-state index in [9.17, 15) is 4.79 Å². The molecule has 4 N–H and O–H groups in total. The number of fused-ring (bicyclic) bond motifs is 2. The first kappa shape index (κ1) is 22.3. The third kappa shape index (κ3) is 4.21. The number of carbonyl (C=O) groups is 1. The smallest absolute Gasteiger partial charge is 0.214 e. The average Bonchev–Trinajstić information content (AvgIpc) is 3.59. The molecule has 4 heterocycles. The highest BCUT2D eigenvalue weighted by atomic mass is 16.5. The third-order valence-corrected chi connectivity index (χ3v) is 6.50. The second-order valence-corrected chi connectivity index (χ2v) is 8.94. The fourth-order valence-corrected chi connectivity index (χ4v) is 4.57. The zero-order valence-corrected chi connectivity index (χ0v) is 20.0. The molecular formula is C26H27N7O3. The third-order valence-electron chi connectivity index (χ3n) is 6.50. The Morgan fingerprint density at radius 1 is 1.11 bits per heavy atom. The van der Waals surface area contributed by atoms with Gasteiger partial charge in [-0.2, -0.15) is 5.10 Å². The van der Waals surface area contributed by atoms with Crippen LogP contribution in [0.2, 0.25) is 0 Å². The summed E-state index contributed by atoms with van der Waals surface area (Å²) in [7, 11) is 0. The molecule has 0 saturated carbocycles. The van der Waals surface area contributed by atoms with Crippen LogP contribution in [0.5, 0.6) is 5.75 Å². The second-order valence-electron chi connectivity index (χ2n) is 8.94. The van der Waals surface area contributed by atoms with Crippen LogP contribution in [0.1, 0.15) is 21.9 Å². The van der Waals surface area contributed by atoms with Crippen LogP contribution < -0.4 is 10.5 Å². The molecule has 2 aromatic carbocycles. The largest absolute Gasteiger partial charge is 0.492 e. The molecule has 1 aliphatic heterocycles. The van der Waals surface area contributed by atoms with Gasteiger partial charge in [-0.3, -0.25) is 9.69 Å². The maximum Gasteiger partial charge on any atom is 0.214 e. The zero-order chi connectivity index (χ0) is 24.6. The first-order chi connectivity index (χ1) is 17.5. The Kier molecular flexibility index (Phi) is 5.67. The molecule has 0 unspecified atom stereocenters. The number of nitrogens with zero attached hydrogens (tertiary/aromatic N) is 4. The molecule has 1 aliphatic rings. The van der Waals surface area contributed by atoms with Crippen molar-refractivity contribution in [1.82, 2.24) is 29.6 Å². The number of H-pyrrole nitrogens is 2. The van der Waals surface area contributed by atoms with E-state index in [-0.39, 0.29) is 11.6 Å². The Morgan fingerprint density at radius 3 is 2.83 bits per heavy atom. The quantitative estimate of drug-likeness (QED) is 0.302. The van der Waals surface area contributed by atoms with Crippen molar-refractivity contribution in [3.63, 3.8) is 0 Å². The van der Waals surface area contributed by atoms with E-state index in [1.807, 2.05) is 49.4 Å². The van der Waals surface area contributed by atoms with Crippen LogP contribution in [0.4, 0.5) is 5.82 Å². The highest BCUT2D eigenvalue weighted by Crippen LogP contribution is 2.26. The SMILES string of the molecule is Cc1nc2cc(-n3ncc(C(=O)c4cc5ccc(OCCN6CCOCC6)cc5[nH]4)c3N)ccc2[nH]1. The summed E-state index contributed by atoms with van der Waals surface area (Å²) in [6, 6.07) is 13.3. The number of imidazole rings is 1. The van der Waals surface area contributed by atoms with Gasteiger partial charge in [-0.25, -0.2) is 9.67 Å². The molecule has 184 valence electrons. The normalized spacial score (nSPS) is 14.6. The van der Waals surface area contributed by atoms with E-state index < -0.39 is 0 Å². The molecule has 36 heavy (non-hydrogen) atoms. The molecule has 0 aliphatic carbocycles. The molecule has 0 atom stereocenters. The van der Waals surface area contributed by atoms with Crippen molar-refractivity contribution >= 4 is 33.5 Å². The molecule has 10 heteroatoms. The van der Waals surface area contributed by atoms with Gasteiger partial charge in [0.05, 0.1) is 47.4 Å². The Bertz CT molecular complexity index is 1560. The van der Waals surface area contributed by atoms with Crippen molar-refractivity contribution in [3.8, 4) is 11.4 Å². The number of rotatable bonds is 7. The van der Waals surface area contributed by atoms with Gasteiger partial charge in [-0.1, -0.05) is 0 Å². The summed E-state index contributed by atoms with van der Waals surface area (Å²) >= 11 is 0. The number of aromatic amines is 2. The van der Waals surface area contributed by atoms with Gasteiger partial charge in [0, 0.05) is 36.6 Å². The van der Waals surface area contributed by atoms with Crippen molar-refractivity contribution in [2.24, 2.45) is 0 Å². The fraction of sp³-hybridized carbons (Fsp3) is 0.269. The van der Waals surface area contributed by atoms with Crippen molar-refractivity contribution in [2.45, 2.75) is 6.92 Å². The topological polar surface area (TPSA) is 127 Å². The van der Waals surface area contributed by atoms with Crippen molar-refractivity contribution in [2.75, 3.05) is 45.2 Å². The molecule has 1 saturated heterocycles. The zero-order valence-electron chi connectivity index (χ0n) is 20.0. The van der Waals surface area contributed by atoms with Crippen LogP contribution in [0.3, 0.4) is 0 Å². The van der Waals surface area contributed by atoms with Crippen LogP contribution in [0.15, 0.2) is 48.7 Å². The molecule has 10 nitrogen and oxygen atoms in total. The summed E-state index contributed by atoms with van der Waals surface area (Å²) in [6.45, 7) is 6.76. The summed E-state index contributed by atoms with van der Waals surface area (Å²) in [4.78, 5) is 26.5. The Balaban J connectivity index is 1.19. The van der Waals surface area contributed by atoms with Gasteiger partial charge in [0.1, 0.15) is 24.0 Å². The number of anilines is 1. The summed E-state index contributed by atoms with van der Waals surface area (Å²) in [5, 5.41) is 5.29. The number of hydrogen-bond donors (Lipinski definition) is 3. The van der Waals surface area contributed by atoms with Crippen LogP contribution >= 0.6 is 0 Å². The maximum atomic E-state index is 13.3. The first-order valence-corrected chi connectivity index (χ1v) is 12.0. The molecule has 1 fully saturated rings. The Morgan fingerprint density at radius 2 is 1.97 bits per heavy atom. The van der Waals surface area contributed by atoms with Crippen LogP contribution in [-0.2, 0) is 4.74 Å². The molecule has 0 bridgehead atoms. The predicted molar refractivity (Wildman–Crippen MR) is 137 cm³/mol. The van der Waals surface area contributed by atoms with Gasteiger partial charge in [0.25, 0.3) is 0 Å². The van der Waals surface area contributed by atoms with Crippen molar-refractivity contribution < 1.29 is 14.3 Å².